The largest absolute Gasteiger partial charge is 0.481 e. The van der Waals surface area contributed by atoms with Crippen LogP contribution in [0.3, 0.4) is 0 Å². The molecule has 0 amide bonds. The molecular weight excluding hydrogens is 412 g/mol. The molecular formula is C29H32O4. The Morgan fingerprint density at radius 3 is 1.73 bits per heavy atom. The number of hydrogen-bond donors (Lipinski definition) is 2. The average Bonchev–Trinajstić information content (AvgIpc) is 3.49. The van der Waals surface area contributed by atoms with E-state index >= 15 is 0 Å². The van der Waals surface area contributed by atoms with Gasteiger partial charge in [-0.2, -0.15) is 0 Å². The maximum absolute atomic E-state index is 13.0. The van der Waals surface area contributed by atoms with Crippen LogP contribution in [0, 0.1) is 33.5 Å². The van der Waals surface area contributed by atoms with Crippen molar-refractivity contribution in [3.8, 4) is 0 Å². The van der Waals surface area contributed by atoms with Crippen molar-refractivity contribution in [2.24, 2.45) is 33.5 Å². The van der Waals surface area contributed by atoms with E-state index in [0.29, 0.717) is 0 Å². The summed E-state index contributed by atoms with van der Waals surface area (Å²) in [4.78, 5) is 26.0. The van der Waals surface area contributed by atoms with Crippen LogP contribution in [-0.4, -0.2) is 22.2 Å². The van der Waals surface area contributed by atoms with Gasteiger partial charge in [-0.3, -0.25) is 9.59 Å². The summed E-state index contributed by atoms with van der Waals surface area (Å²) in [6.07, 6.45) is 5.82. The lowest BCUT2D eigenvalue weighted by Crippen LogP contribution is -2.41. The highest BCUT2D eigenvalue weighted by Gasteiger charge is 2.96. The molecule has 4 nitrogen and oxygen atoms in total. The standard InChI is InChI=1S/C29H32O4/c1-19(21-14-10-7-11-15-21)18-23-27(4,5)29(23,25(32)33)28(24(30)31)22(26(28,2)3)17-16-20-12-8-6-9-13-20/h6-18,22-23H,1-5H3,(H,30,31)(H,32,33). The summed E-state index contributed by atoms with van der Waals surface area (Å²) in [5, 5.41) is 21.3. The van der Waals surface area contributed by atoms with Crippen LogP contribution in [0.25, 0.3) is 11.6 Å². The zero-order valence-corrected chi connectivity index (χ0v) is 19.9. The van der Waals surface area contributed by atoms with Crippen molar-refractivity contribution < 1.29 is 19.8 Å². The third-order valence-electron chi connectivity index (χ3n) is 8.58. The fraction of sp³-hybridized carbons (Fsp3) is 0.379. The van der Waals surface area contributed by atoms with Crippen molar-refractivity contribution in [2.75, 3.05) is 0 Å². The molecule has 4 heteroatoms. The first-order valence-electron chi connectivity index (χ1n) is 11.4. The fourth-order valence-electron chi connectivity index (χ4n) is 6.81. The fourth-order valence-corrected chi connectivity index (χ4v) is 6.81. The number of hydrogen-bond acceptors (Lipinski definition) is 2. The Kier molecular flexibility index (Phi) is 5.19. The third kappa shape index (κ3) is 2.89. The Hall–Kier alpha value is -3.14. The molecule has 4 rings (SSSR count). The van der Waals surface area contributed by atoms with E-state index in [0.717, 1.165) is 16.7 Å². The number of rotatable bonds is 7. The molecule has 2 N–H and O–H groups in total. The molecule has 0 heterocycles. The van der Waals surface area contributed by atoms with Gasteiger partial charge in [0.1, 0.15) is 0 Å². The van der Waals surface area contributed by atoms with Crippen LogP contribution >= 0.6 is 0 Å². The second-order valence-electron chi connectivity index (χ2n) is 10.6. The Balaban J connectivity index is 1.82. The number of carboxylic acid groups (broad SMARTS) is 2. The quantitative estimate of drug-likeness (QED) is 0.529. The van der Waals surface area contributed by atoms with E-state index in [9.17, 15) is 19.8 Å². The van der Waals surface area contributed by atoms with Crippen LogP contribution in [0.1, 0.15) is 45.7 Å². The van der Waals surface area contributed by atoms with Crippen LogP contribution in [0.5, 0.6) is 0 Å². The first-order valence-corrected chi connectivity index (χ1v) is 11.4. The molecule has 2 saturated carbocycles. The maximum atomic E-state index is 13.0. The monoisotopic (exact) mass is 444 g/mol. The van der Waals surface area contributed by atoms with Gasteiger partial charge >= 0.3 is 11.9 Å². The smallest absolute Gasteiger partial charge is 0.312 e. The van der Waals surface area contributed by atoms with Gasteiger partial charge in [-0.1, -0.05) is 107 Å². The minimum atomic E-state index is -1.41. The molecule has 2 aliphatic rings. The Morgan fingerprint density at radius 2 is 1.21 bits per heavy atom. The summed E-state index contributed by atoms with van der Waals surface area (Å²) in [7, 11) is 0. The molecule has 2 aliphatic carbocycles. The molecule has 2 aromatic carbocycles. The van der Waals surface area contributed by atoms with Crippen molar-refractivity contribution in [3.05, 3.63) is 83.9 Å². The van der Waals surface area contributed by atoms with Gasteiger partial charge in [-0.05, 0) is 34.5 Å². The molecule has 2 fully saturated rings. The zero-order valence-electron chi connectivity index (χ0n) is 19.9. The number of aliphatic carboxylic acids is 2. The lowest BCUT2D eigenvalue weighted by molar-refractivity contribution is -0.162. The van der Waals surface area contributed by atoms with Crippen molar-refractivity contribution in [1.82, 2.24) is 0 Å². The topological polar surface area (TPSA) is 74.6 Å². The number of carboxylic acids is 2. The molecule has 172 valence electrons. The van der Waals surface area contributed by atoms with E-state index in [4.69, 9.17) is 0 Å². The first-order chi connectivity index (χ1) is 15.5. The van der Waals surface area contributed by atoms with Gasteiger partial charge < -0.3 is 10.2 Å². The molecule has 4 unspecified atom stereocenters. The summed E-state index contributed by atoms with van der Waals surface area (Å²) in [5.74, 6) is -2.85. The predicted molar refractivity (Wildman–Crippen MR) is 130 cm³/mol. The number of allylic oxidation sites excluding steroid dienone is 3. The number of benzene rings is 2. The molecule has 2 aromatic rings. The van der Waals surface area contributed by atoms with Crippen LogP contribution in [0.2, 0.25) is 0 Å². The van der Waals surface area contributed by atoms with E-state index in [2.05, 4.69) is 0 Å². The normalized spacial score (nSPS) is 31.8. The van der Waals surface area contributed by atoms with E-state index in [-0.39, 0.29) is 0 Å². The van der Waals surface area contributed by atoms with E-state index < -0.39 is 45.4 Å². The molecule has 0 saturated heterocycles. The van der Waals surface area contributed by atoms with Gasteiger partial charge in [0.05, 0.1) is 10.8 Å². The molecule has 0 spiro atoms. The Morgan fingerprint density at radius 1 is 0.758 bits per heavy atom. The van der Waals surface area contributed by atoms with Gasteiger partial charge in [0.2, 0.25) is 0 Å². The first kappa shape index (κ1) is 23.0. The van der Waals surface area contributed by atoms with Crippen LogP contribution < -0.4 is 0 Å². The van der Waals surface area contributed by atoms with Crippen molar-refractivity contribution in [3.63, 3.8) is 0 Å². The van der Waals surface area contributed by atoms with E-state index in [1.807, 2.05) is 114 Å². The molecule has 33 heavy (non-hydrogen) atoms. The van der Waals surface area contributed by atoms with Crippen molar-refractivity contribution in [1.29, 1.82) is 0 Å². The van der Waals surface area contributed by atoms with Crippen LogP contribution in [0.15, 0.2) is 72.8 Å². The summed E-state index contributed by atoms with van der Waals surface area (Å²) >= 11 is 0. The van der Waals surface area contributed by atoms with Gasteiger partial charge in [0, 0.05) is 11.8 Å². The van der Waals surface area contributed by atoms with Gasteiger partial charge in [-0.15, -0.1) is 0 Å². The summed E-state index contributed by atoms with van der Waals surface area (Å²) < 4.78 is 0. The minimum absolute atomic E-state index is 0.395. The SMILES string of the molecule is CC(=CC1C(C)(C)C1(C(=O)O)C1(C(=O)O)C(C=Cc2ccccc2)C1(C)C)c1ccccc1. The van der Waals surface area contributed by atoms with E-state index in [1.54, 1.807) is 0 Å². The molecule has 0 bridgehead atoms. The summed E-state index contributed by atoms with van der Waals surface area (Å²) in [6.45, 7) is 9.56. The van der Waals surface area contributed by atoms with Crippen LogP contribution in [-0.2, 0) is 9.59 Å². The summed E-state index contributed by atoms with van der Waals surface area (Å²) in [5.41, 5.74) is -1.28. The van der Waals surface area contributed by atoms with Crippen molar-refractivity contribution >= 4 is 23.6 Å². The highest BCUT2D eigenvalue weighted by molar-refractivity contribution is 5.96. The van der Waals surface area contributed by atoms with Gasteiger partial charge in [0.15, 0.2) is 0 Å². The number of carbonyl (C=O) groups is 2. The lowest BCUT2D eigenvalue weighted by Gasteiger charge is -2.27. The van der Waals surface area contributed by atoms with Crippen molar-refractivity contribution in [2.45, 2.75) is 34.6 Å². The van der Waals surface area contributed by atoms with E-state index in [1.165, 1.54) is 0 Å². The molecule has 4 atom stereocenters. The van der Waals surface area contributed by atoms with Crippen LogP contribution in [0.4, 0.5) is 0 Å². The van der Waals surface area contributed by atoms with Gasteiger partial charge in [0.25, 0.3) is 0 Å². The predicted octanol–water partition coefficient (Wildman–Crippen LogP) is 6.26. The molecule has 0 radical (unpaired) electrons. The minimum Gasteiger partial charge on any atom is -0.481 e. The maximum Gasteiger partial charge on any atom is 0.312 e. The van der Waals surface area contributed by atoms with Gasteiger partial charge in [-0.25, -0.2) is 0 Å². The zero-order chi connectivity index (χ0) is 24.2. The molecule has 0 aromatic heterocycles. The second-order valence-corrected chi connectivity index (χ2v) is 10.6. The second kappa shape index (κ2) is 7.44. The Bertz CT molecular complexity index is 1140. The highest BCUT2D eigenvalue weighted by Crippen LogP contribution is 2.90. The average molecular weight is 445 g/mol. The third-order valence-corrected chi connectivity index (χ3v) is 8.58. The lowest BCUT2D eigenvalue weighted by atomic mass is 9.73. The molecule has 0 aliphatic heterocycles. The summed E-state index contributed by atoms with van der Waals surface area (Å²) in [6, 6.07) is 19.5. The Labute approximate surface area is 195 Å². The highest BCUT2D eigenvalue weighted by atomic mass is 16.4.